The molecule has 1 aliphatic heterocycles. The molecule has 0 aliphatic carbocycles. The van der Waals surface area contributed by atoms with Gasteiger partial charge in [0.05, 0.1) is 23.0 Å². The van der Waals surface area contributed by atoms with E-state index >= 15 is 0 Å². The highest BCUT2D eigenvalue weighted by atomic mass is 16.2. The molecule has 4 nitrogen and oxygen atoms in total. The minimum Gasteiger partial charge on any atom is -0.339 e. The van der Waals surface area contributed by atoms with Crippen LogP contribution in [0.1, 0.15) is 44.0 Å². The monoisotopic (exact) mass is 297 g/mol. The molecule has 0 unspecified atom stereocenters. The third kappa shape index (κ3) is 2.65. The predicted octanol–water partition coefficient (Wildman–Crippen LogP) is 3.54. The smallest absolute Gasteiger partial charge is 0.257 e. The Hall–Kier alpha value is -2.10. The Labute approximate surface area is 131 Å². The molecule has 3 rings (SSSR count). The van der Waals surface area contributed by atoms with Crippen molar-refractivity contribution in [3.05, 3.63) is 42.1 Å². The minimum atomic E-state index is -0.172. The Balaban J connectivity index is 2.11. The first kappa shape index (κ1) is 14.8. The highest BCUT2D eigenvalue weighted by Gasteiger charge is 2.28. The molecular weight excluding hydrogens is 274 g/mol. The van der Waals surface area contributed by atoms with E-state index < -0.39 is 0 Å². The van der Waals surface area contributed by atoms with Gasteiger partial charge in [-0.05, 0) is 33.6 Å². The van der Waals surface area contributed by atoms with Crippen LogP contribution in [-0.2, 0) is 5.54 Å². The molecule has 0 radical (unpaired) electrons. The number of likely N-dealkylation sites (tertiary alicyclic amines) is 1. The van der Waals surface area contributed by atoms with Gasteiger partial charge in [-0.2, -0.15) is 5.10 Å². The summed E-state index contributed by atoms with van der Waals surface area (Å²) >= 11 is 0. The molecule has 1 aliphatic rings. The van der Waals surface area contributed by atoms with Crippen LogP contribution in [0.2, 0.25) is 0 Å². The van der Waals surface area contributed by atoms with Crippen molar-refractivity contribution < 1.29 is 4.79 Å². The average molecular weight is 297 g/mol. The number of rotatable bonds is 2. The third-order valence-corrected chi connectivity index (χ3v) is 4.08. The molecule has 116 valence electrons. The Morgan fingerprint density at radius 1 is 1.09 bits per heavy atom. The van der Waals surface area contributed by atoms with Crippen LogP contribution in [0.4, 0.5) is 0 Å². The molecule has 2 aromatic rings. The summed E-state index contributed by atoms with van der Waals surface area (Å²) in [6.07, 6.45) is 3.92. The highest BCUT2D eigenvalue weighted by Crippen LogP contribution is 2.30. The van der Waals surface area contributed by atoms with Gasteiger partial charge in [0.15, 0.2) is 0 Å². The van der Waals surface area contributed by atoms with Gasteiger partial charge in [-0.1, -0.05) is 30.3 Å². The molecule has 1 fully saturated rings. The summed E-state index contributed by atoms with van der Waals surface area (Å²) in [5.41, 5.74) is 2.50. The van der Waals surface area contributed by atoms with E-state index in [1.165, 1.54) is 0 Å². The van der Waals surface area contributed by atoms with Crippen molar-refractivity contribution >= 4 is 5.91 Å². The molecule has 1 aromatic heterocycles. The maximum absolute atomic E-state index is 12.9. The summed E-state index contributed by atoms with van der Waals surface area (Å²) in [5.74, 6) is 0.104. The van der Waals surface area contributed by atoms with Crippen molar-refractivity contribution in [3.63, 3.8) is 0 Å². The van der Waals surface area contributed by atoms with Crippen molar-refractivity contribution in [2.24, 2.45) is 0 Å². The van der Waals surface area contributed by atoms with Crippen molar-refractivity contribution in [3.8, 4) is 11.3 Å². The number of carbonyl (C=O) groups excluding carboxylic acids is 1. The van der Waals surface area contributed by atoms with E-state index in [1.807, 2.05) is 39.9 Å². The molecule has 1 aromatic carbocycles. The Morgan fingerprint density at radius 3 is 2.32 bits per heavy atom. The second-order valence-corrected chi connectivity index (χ2v) is 6.85. The maximum Gasteiger partial charge on any atom is 0.257 e. The third-order valence-electron chi connectivity index (χ3n) is 4.08. The van der Waals surface area contributed by atoms with Crippen molar-refractivity contribution in [1.29, 1.82) is 0 Å². The van der Waals surface area contributed by atoms with Gasteiger partial charge in [-0.25, -0.2) is 0 Å². The van der Waals surface area contributed by atoms with Crippen LogP contribution in [0.25, 0.3) is 11.3 Å². The lowest BCUT2D eigenvalue weighted by Gasteiger charge is -2.23. The van der Waals surface area contributed by atoms with E-state index in [0.717, 1.165) is 37.2 Å². The SMILES string of the molecule is CC(C)(C)n1ncc(C(=O)N2CCCC2)c1-c1ccccc1. The first-order chi connectivity index (χ1) is 10.5. The number of amides is 1. The quantitative estimate of drug-likeness (QED) is 0.850. The van der Waals surface area contributed by atoms with E-state index in [1.54, 1.807) is 6.20 Å². The first-order valence-corrected chi connectivity index (χ1v) is 7.91. The molecule has 1 saturated heterocycles. The van der Waals surface area contributed by atoms with Crippen LogP contribution < -0.4 is 0 Å². The largest absolute Gasteiger partial charge is 0.339 e. The van der Waals surface area contributed by atoms with Crippen LogP contribution in [0.15, 0.2) is 36.5 Å². The summed E-state index contributed by atoms with van der Waals surface area (Å²) in [7, 11) is 0. The lowest BCUT2D eigenvalue weighted by molar-refractivity contribution is 0.0793. The van der Waals surface area contributed by atoms with Crippen molar-refractivity contribution in [2.75, 3.05) is 13.1 Å². The topological polar surface area (TPSA) is 38.1 Å². The van der Waals surface area contributed by atoms with Gasteiger partial charge in [0.2, 0.25) is 0 Å². The lowest BCUT2D eigenvalue weighted by Crippen LogP contribution is -2.29. The second-order valence-electron chi connectivity index (χ2n) is 6.85. The van der Waals surface area contributed by atoms with Gasteiger partial charge in [-0.15, -0.1) is 0 Å². The number of nitrogens with zero attached hydrogens (tertiary/aromatic N) is 3. The van der Waals surface area contributed by atoms with Crippen LogP contribution in [0, 0.1) is 0 Å². The summed E-state index contributed by atoms with van der Waals surface area (Å²) in [5, 5.41) is 4.53. The predicted molar refractivity (Wildman–Crippen MR) is 87.8 cm³/mol. The Bertz CT molecular complexity index is 661. The molecule has 22 heavy (non-hydrogen) atoms. The lowest BCUT2D eigenvalue weighted by atomic mass is 10.0. The number of aromatic nitrogens is 2. The standard InChI is InChI=1S/C18H23N3O/c1-18(2,3)21-16(14-9-5-4-6-10-14)15(13-19-21)17(22)20-11-7-8-12-20/h4-6,9-10,13H,7-8,11-12H2,1-3H3. The van der Waals surface area contributed by atoms with Crippen LogP contribution in [0.5, 0.6) is 0 Å². The van der Waals surface area contributed by atoms with Gasteiger partial charge in [0.1, 0.15) is 0 Å². The summed E-state index contributed by atoms with van der Waals surface area (Å²) in [6.45, 7) is 8.03. The molecule has 4 heteroatoms. The zero-order valence-corrected chi connectivity index (χ0v) is 13.5. The summed E-state index contributed by atoms with van der Waals surface area (Å²) in [6, 6.07) is 10.1. The Morgan fingerprint density at radius 2 is 1.73 bits per heavy atom. The fourth-order valence-electron chi connectivity index (χ4n) is 2.98. The Kier molecular flexibility index (Phi) is 3.77. The molecule has 0 N–H and O–H groups in total. The van der Waals surface area contributed by atoms with Gasteiger partial charge >= 0.3 is 0 Å². The zero-order chi connectivity index (χ0) is 15.7. The molecule has 0 bridgehead atoms. The fraction of sp³-hybridized carbons (Fsp3) is 0.444. The first-order valence-electron chi connectivity index (χ1n) is 7.91. The van der Waals surface area contributed by atoms with Gasteiger partial charge in [0.25, 0.3) is 5.91 Å². The van der Waals surface area contributed by atoms with Crippen molar-refractivity contribution in [2.45, 2.75) is 39.2 Å². The van der Waals surface area contributed by atoms with E-state index in [9.17, 15) is 4.79 Å². The molecular formula is C18H23N3O. The van der Waals surface area contributed by atoms with E-state index in [0.29, 0.717) is 5.56 Å². The minimum absolute atomic E-state index is 0.104. The van der Waals surface area contributed by atoms with Gasteiger partial charge in [-0.3, -0.25) is 9.48 Å². The second kappa shape index (κ2) is 5.59. The van der Waals surface area contributed by atoms with E-state index in [2.05, 4.69) is 25.9 Å². The highest BCUT2D eigenvalue weighted by molar-refractivity contribution is 6.00. The normalized spacial score (nSPS) is 15.3. The van der Waals surface area contributed by atoms with E-state index in [4.69, 9.17) is 0 Å². The number of hydrogen-bond acceptors (Lipinski definition) is 2. The zero-order valence-electron chi connectivity index (χ0n) is 13.5. The summed E-state index contributed by atoms with van der Waals surface area (Å²) in [4.78, 5) is 14.8. The maximum atomic E-state index is 12.9. The molecule has 1 amide bonds. The van der Waals surface area contributed by atoms with Gasteiger partial charge < -0.3 is 4.90 Å². The molecule has 2 heterocycles. The van der Waals surface area contributed by atoms with Crippen molar-refractivity contribution in [1.82, 2.24) is 14.7 Å². The van der Waals surface area contributed by atoms with Crippen LogP contribution in [-0.4, -0.2) is 33.7 Å². The van der Waals surface area contributed by atoms with Crippen LogP contribution in [0.3, 0.4) is 0 Å². The van der Waals surface area contributed by atoms with Gasteiger partial charge in [0, 0.05) is 18.7 Å². The summed E-state index contributed by atoms with van der Waals surface area (Å²) < 4.78 is 1.96. The average Bonchev–Trinajstić information content (AvgIpc) is 3.16. The van der Waals surface area contributed by atoms with Crippen LogP contribution >= 0.6 is 0 Å². The molecule has 0 saturated carbocycles. The number of hydrogen-bond donors (Lipinski definition) is 0. The molecule has 0 spiro atoms. The number of benzene rings is 1. The van der Waals surface area contributed by atoms with E-state index in [-0.39, 0.29) is 11.4 Å². The molecule has 0 atom stereocenters. The number of carbonyl (C=O) groups is 1. The fourth-order valence-corrected chi connectivity index (χ4v) is 2.98.